The molecule has 4 heteroatoms. The van der Waals surface area contributed by atoms with E-state index in [0.29, 0.717) is 23.0 Å². The summed E-state index contributed by atoms with van der Waals surface area (Å²) in [6.45, 7) is 0. The van der Waals surface area contributed by atoms with Crippen molar-refractivity contribution in [1.82, 2.24) is 0 Å². The van der Waals surface area contributed by atoms with Crippen molar-refractivity contribution in [1.29, 1.82) is 0 Å². The summed E-state index contributed by atoms with van der Waals surface area (Å²) >= 11 is 0. The Kier molecular flexibility index (Phi) is 3.10. The van der Waals surface area contributed by atoms with E-state index in [9.17, 15) is 14.7 Å². The maximum atomic E-state index is 11.1. The predicted molar refractivity (Wildman–Crippen MR) is 67.4 cm³/mol. The van der Waals surface area contributed by atoms with Gasteiger partial charge in [0.2, 0.25) is 5.91 Å². The molecule has 2 aromatic rings. The monoisotopic (exact) mass is 241 g/mol. The SMILES string of the molecule is NC(=O)c1cccc(-c2cccc(C=O)c2O)c1. The van der Waals surface area contributed by atoms with Gasteiger partial charge in [-0.1, -0.05) is 24.3 Å². The Morgan fingerprint density at radius 2 is 1.89 bits per heavy atom. The fraction of sp³-hybridized carbons (Fsp3) is 0. The van der Waals surface area contributed by atoms with Gasteiger partial charge in [-0.15, -0.1) is 0 Å². The standard InChI is InChI=1S/C14H11NO3/c15-14(18)10-4-1-3-9(7-10)12-6-2-5-11(8-16)13(12)17/h1-8,17H,(H2,15,18). The first-order chi connectivity index (χ1) is 8.63. The Balaban J connectivity index is 2.58. The van der Waals surface area contributed by atoms with Crippen LogP contribution in [0, 0.1) is 0 Å². The molecule has 4 nitrogen and oxygen atoms in total. The van der Waals surface area contributed by atoms with Crippen LogP contribution in [0.2, 0.25) is 0 Å². The van der Waals surface area contributed by atoms with Crippen LogP contribution in [0.25, 0.3) is 11.1 Å². The van der Waals surface area contributed by atoms with Crippen LogP contribution in [0.15, 0.2) is 42.5 Å². The fourth-order valence-corrected chi connectivity index (χ4v) is 1.73. The van der Waals surface area contributed by atoms with Crippen LogP contribution in [0.1, 0.15) is 20.7 Å². The molecule has 0 aliphatic heterocycles. The molecule has 3 N–H and O–H groups in total. The average molecular weight is 241 g/mol. The molecular formula is C14H11NO3. The third kappa shape index (κ3) is 2.08. The summed E-state index contributed by atoms with van der Waals surface area (Å²) in [5, 5.41) is 9.92. The molecular weight excluding hydrogens is 230 g/mol. The first-order valence-corrected chi connectivity index (χ1v) is 5.31. The van der Waals surface area contributed by atoms with E-state index in [1.54, 1.807) is 36.4 Å². The lowest BCUT2D eigenvalue weighted by Gasteiger charge is -2.07. The summed E-state index contributed by atoms with van der Waals surface area (Å²) in [4.78, 5) is 21.8. The van der Waals surface area contributed by atoms with Crippen molar-refractivity contribution in [3.8, 4) is 16.9 Å². The van der Waals surface area contributed by atoms with Gasteiger partial charge in [0.1, 0.15) is 5.75 Å². The lowest BCUT2D eigenvalue weighted by atomic mass is 10.00. The fourth-order valence-electron chi connectivity index (χ4n) is 1.73. The Morgan fingerprint density at radius 1 is 1.17 bits per heavy atom. The first kappa shape index (κ1) is 11.9. The van der Waals surface area contributed by atoms with Crippen molar-refractivity contribution in [2.45, 2.75) is 0 Å². The zero-order chi connectivity index (χ0) is 13.1. The minimum absolute atomic E-state index is 0.103. The van der Waals surface area contributed by atoms with Gasteiger partial charge in [0.05, 0.1) is 5.56 Å². The van der Waals surface area contributed by atoms with Crippen LogP contribution < -0.4 is 5.73 Å². The molecule has 2 rings (SSSR count). The summed E-state index contributed by atoms with van der Waals surface area (Å²) in [6.07, 6.45) is 0.580. The quantitative estimate of drug-likeness (QED) is 0.806. The third-order valence-corrected chi connectivity index (χ3v) is 2.65. The predicted octanol–water partition coefficient (Wildman–Crippen LogP) is 1.97. The van der Waals surface area contributed by atoms with Crippen molar-refractivity contribution in [2.75, 3.05) is 0 Å². The number of phenols is 1. The van der Waals surface area contributed by atoms with E-state index >= 15 is 0 Å². The van der Waals surface area contributed by atoms with Gasteiger partial charge in [-0.25, -0.2) is 0 Å². The van der Waals surface area contributed by atoms with Crippen LogP contribution >= 0.6 is 0 Å². The Morgan fingerprint density at radius 3 is 2.56 bits per heavy atom. The van der Waals surface area contributed by atoms with Crippen LogP contribution in [0.3, 0.4) is 0 Å². The molecule has 0 heterocycles. The number of amides is 1. The number of nitrogens with two attached hydrogens (primary N) is 1. The molecule has 0 bridgehead atoms. The minimum atomic E-state index is -0.539. The number of aromatic hydroxyl groups is 1. The van der Waals surface area contributed by atoms with Gasteiger partial charge in [0.25, 0.3) is 0 Å². The molecule has 0 saturated heterocycles. The number of carbonyl (C=O) groups is 2. The number of carbonyl (C=O) groups excluding carboxylic acids is 2. The highest BCUT2D eigenvalue weighted by Crippen LogP contribution is 2.31. The lowest BCUT2D eigenvalue weighted by Crippen LogP contribution is -2.10. The van der Waals surface area contributed by atoms with Crippen molar-refractivity contribution >= 4 is 12.2 Å². The van der Waals surface area contributed by atoms with E-state index in [4.69, 9.17) is 5.73 Å². The summed E-state index contributed by atoms with van der Waals surface area (Å²) in [5.74, 6) is -0.642. The Labute approximate surface area is 104 Å². The van der Waals surface area contributed by atoms with Crippen LogP contribution in [0.4, 0.5) is 0 Å². The lowest BCUT2D eigenvalue weighted by molar-refractivity contribution is 0.0999. The Hall–Kier alpha value is -2.62. The maximum Gasteiger partial charge on any atom is 0.248 e. The van der Waals surface area contributed by atoms with Crippen molar-refractivity contribution < 1.29 is 14.7 Å². The summed E-state index contributed by atoms with van der Waals surface area (Å²) < 4.78 is 0. The average Bonchev–Trinajstić information content (AvgIpc) is 2.39. The summed E-state index contributed by atoms with van der Waals surface area (Å²) in [7, 11) is 0. The van der Waals surface area contributed by atoms with Crippen LogP contribution in [-0.4, -0.2) is 17.3 Å². The van der Waals surface area contributed by atoms with Gasteiger partial charge >= 0.3 is 0 Å². The van der Waals surface area contributed by atoms with E-state index in [1.807, 2.05) is 0 Å². The van der Waals surface area contributed by atoms with Crippen molar-refractivity contribution in [3.63, 3.8) is 0 Å². The highest BCUT2D eigenvalue weighted by atomic mass is 16.3. The first-order valence-electron chi connectivity index (χ1n) is 5.31. The smallest absolute Gasteiger partial charge is 0.248 e. The van der Waals surface area contributed by atoms with E-state index in [1.165, 1.54) is 6.07 Å². The number of aldehydes is 1. The number of phenolic OH excluding ortho intramolecular Hbond substituents is 1. The van der Waals surface area contributed by atoms with Crippen LogP contribution in [0.5, 0.6) is 5.75 Å². The van der Waals surface area contributed by atoms with Gasteiger partial charge in [-0.2, -0.15) is 0 Å². The molecule has 0 radical (unpaired) electrons. The number of primary amides is 1. The van der Waals surface area contributed by atoms with Gasteiger partial charge in [0.15, 0.2) is 6.29 Å². The number of hydrogen-bond donors (Lipinski definition) is 2. The second kappa shape index (κ2) is 4.71. The third-order valence-electron chi connectivity index (χ3n) is 2.65. The summed E-state index contributed by atoms with van der Waals surface area (Å²) in [5.41, 5.74) is 6.87. The molecule has 2 aromatic carbocycles. The number of rotatable bonds is 3. The number of para-hydroxylation sites is 1. The molecule has 0 aliphatic rings. The molecule has 90 valence electrons. The van der Waals surface area contributed by atoms with Crippen molar-refractivity contribution in [2.24, 2.45) is 5.73 Å². The molecule has 0 spiro atoms. The maximum absolute atomic E-state index is 11.1. The zero-order valence-electron chi connectivity index (χ0n) is 9.46. The molecule has 0 saturated carbocycles. The molecule has 0 unspecified atom stereocenters. The van der Waals surface area contributed by atoms with Crippen molar-refractivity contribution in [3.05, 3.63) is 53.6 Å². The number of hydrogen-bond acceptors (Lipinski definition) is 3. The molecule has 0 aliphatic carbocycles. The van der Waals surface area contributed by atoms with Gasteiger partial charge in [0, 0.05) is 11.1 Å². The molecule has 1 amide bonds. The van der Waals surface area contributed by atoms with E-state index in [0.717, 1.165) is 0 Å². The van der Waals surface area contributed by atoms with E-state index in [2.05, 4.69) is 0 Å². The van der Waals surface area contributed by atoms with Gasteiger partial charge < -0.3 is 10.8 Å². The molecule has 0 fully saturated rings. The molecule has 0 aromatic heterocycles. The highest BCUT2D eigenvalue weighted by molar-refractivity contribution is 5.95. The second-order valence-electron chi connectivity index (χ2n) is 3.81. The minimum Gasteiger partial charge on any atom is -0.507 e. The second-order valence-corrected chi connectivity index (χ2v) is 3.81. The molecule has 0 atom stereocenters. The normalized spacial score (nSPS) is 10.0. The Bertz CT molecular complexity index is 620. The summed E-state index contributed by atoms with van der Waals surface area (Å²) in [6, 6.07) is 11.4. The van der Waals surface area contributed by atoms with E-state index in [-0.39, 0.29) is 11.3 Å². The van der Waals surface area contributed by atoms with Crippen LogP contribution in [-0.2, 0) is 0 Å². The van der Waals surface area contributed by atoms with E-state index < -0.39 is 5.91 Å². The largest absolute Gasteiger partial charge is 0.507 e. The zero-order valence-corrected chi connectivity index (χ0v) is 9.46. The van der Waals surface area contributed by atoms with Gasteiger partial charge in [-0.05, 0) is 23.8 Å². The topological polar surface area (TPSA) is 80.4 Å². The molecule has 18 heavy (non-hydrogen) atoms. The van der Waals surface area contributed by atoms with Gasteiger partial charge in [-0.3, -0.25) is 9.59 Å². The highest BCUT2D eigenvalue weighted by Gasteiger charge is 2.09. The number of benzene rings is 2.